The van der Waals surface area contributed by atoms with Crippen LogP contribution in [0.1, 0.15) is 27.0 Å². The Bertz CT molecular complexity index is 1360. The smallest absolute Gasteiger partial charge is 0.461 e. The van der Waals surface area contributed by atoms with Crippen LogP contribution in [-0.2, 0) is 27.9 Å². The fraction of sp³-hybridized carbons (Fsp3) is 0.455. The van der Waals surface area contributed by atoms with Crippen molar-refractivity contribution < 1.29 is 37.5 Å². The van der Waals surface area contributed by atoms with Gasteiger partial charge in [0.2, 0.25) is 0 Å². The fourth-order valence-corrected chi connectivity index (χ4v) is 5.19. The molecule has 38 heavy (non-hydrogen) atoms. The van der Waals surface area contributed by atoms with Crippen molar-refractivity contribution >= 4 is 37.0 Å². The van der Waals surface area contributed by atoms with Gasteiger partial charge < -0.3 is 19.1 Å². The quantitative estimate of drug-likeness (QED) is 0.179. The van der Waals surface area contributed by atoms with Crippen LogP contribution >= 0.6 is 31.0 Å². The minimum Gasteiger partial charge on any atom is -0.461 e. The molecule has 1 aromatic heterocycles. The number of para-hydroxylation sites is 1. The number of esters is 1. The van der Waals surface area contributed by atoms with Crippen LogP contribution in [0.15, 0.2) is 46.2 Å². The van der Waals surface area contributed by atoms with Gasteiger partial charge in [0.1, 0.15) is 24.3 Å². The first-order chi connectivity index (χ1) is 17.9. The van der Waals surface area contributed by atoms with Crippen molar-refractivity contribution in [3.05, 3.63) is 57.6 Å². The van der Waals surface area contributed by atoms with Crippen molar-refractivity contribution in [1.29, 1.82) is 0 Å². The van der Waals surface area contributed by atoms with Crippen LogP contribution in [0.2, 0.25) is 0 Å². The highest BCUT2D eigenvalue weighted by atomic mass is 35.5. The van der Waals surface area contributed by atoms with E-state index in [9.17, 15) is 24.1 Å². The molecule has 1 fully saturated rings. The standard InChI is InChI=1S/C22H24Cl2N3O10P/c1-13(2)34-18(29)14(3)36-38(32,37-15-7-5-4-6-8-15)33-11-16-17(28)22(24,9-10-23)19(35-16)27-12-25-20(30)26-21(27)31/h4-8,12-14,16-17,19,28H,11H2,1-3H3,(H,26,30,31)/t14-,16+,17-,19+,22?,38-/m0/s1. The molecule has 1 aliphatic heterocycles. The lowest BCUT2D eigenvalue weighted by Gasteiger charge is -2.25. The summed E-state index contributed by atoms with van der Waals surface area (Å²) in [5, 5.41) is 13.0. The van der Waals surface area contributed by atoms with Crippen molar-refractivity contribution in [3.8, 4) is 17.0 Å². The number of hydrogen-bond donors (Lipinski definition) is 2. The average Bonchev–Trinajstić information content (AvgIpc) is 3.08. The number of aromatic nitrogens is 3. The van der Waals surface area contributed by atoms with E-state index < -0.39 is 67.3 Å². The lowest BCUT2D eigenvalue weighted by atomic mass is 10.00. The Labute approximate surface area is 226 Å². The minimum atomic E-state index is -4.56. The highest BCUT2D eigenvalue weighted by molar-refractivity contribution is 7.49. The van der Waals surface area contributed by atoms with Crippen LogP contribution in [0.25, 0.3) is 0 Å². The summed E-state index contributed by atoms with van der Waals surface area (Å²) in [5.74, 6) is 1.65. The van der Waals surface area contributed by atoms with Gasteiger partial charge in [-0.3, -0.25) is 18.6 Å². The number of aliphatic hydroxyl groups is 1. The number of rotatable bonds is 10. The van der Waals surface area contributed by atoms with Crippen molar-refractivity contribution in [3.63, 3.8) is 0 Å². The molecule has 0 amide bonds. The number of carbonyl (C=O) groups excluding carboxylic acids is 1. The number of aromatic amines is 1. The van der Waals surface area contributed by atoms with E-state index in [0.717, 1.165) is 10.9 Å². The molecule has 2 heterocycles. The van der Waals surface area contributed by atoms with Gasteiger partial charge in [0, 0.05) is 5.38 Å². The zero-order valence-corrected chi connectivity index (χ0v) is 22.7. The number of phosphoric ester groups is 1. The number of nitrogens with zero attached hydrogens (tertiary/aromatic N) is 2. The van der Waals surface area contributed by atoms with E-state index in [-0.39, 0.29) is 5.75 Å². The Hall–Kier alpha value is -2.69. The number of nitrogens with one attached hydrogen (secondary N) is 1. The maximum Gasteiger partial charge on any atom is 0.530 e. The van der Waals surface area contributed by atoms with Gasteiger partial charge in [0.15, 0.2) is 17.2 Å². The molecule has 1 saturated heterocycles. The zero-order chi connectivity index (χ0) is 28.1. The SMILES string of the molecule is CC(C)OC(=O)[C@H](C)O[P@](=O)(OC[C@H]1O[C@@H](n2cnc(=O)[nH]c2=O)C(Cl)(C#CCl)[C@H]1O)Oc1ccccc1. The summed E-state index contributed by atoms with van der Waals surface area (Å²) >= 11 is 12.1. The first-order valence-corrected chi connectivity index (χ1v) is 13.3. The number of carbonyl (C=O) groups is 1. The van der Waals surface area contributed by atoms with E-state index in [1.165, 1.54) is 19.1 Å². The van der Waals surface area contributed by atoms with Crippen molar-refractivity contribution in [1.82, 2.24) is 14.5 Å². The highest BCUT2D eigenvalue weighted by Gasteiger charge is 2.57. The largest absolute Gasteiger partial charge is 0.530 e. The number of halogens is 2. The molecular weight excluding hydrogens is 568 g/mol. The van der Waals surface area contributed by atoms with Crippen LogP contribution in [0.4, 0.5) is 0 Å². The molecule has 1 aromatic carbocycles. The summed E-state index contributed by atoms with van der Waals surface area (Å²) in [6.07, 6.45) is -5.53. The van der Waals surface area contributed by atoms with Crippen molar-refractivity contribution in [2.75, 3.05) is 6.61 Å². The number of phosphoric acid groups is 1. The van der Waals surface area contributed by atoms with E-state index in [4.69, 9.17) is 46.2 Å². The maximum atomic E-state index is 13.6. The molecule has 2 aromatic rings. The lowest BCUT2D eigenvalue weighted by molar-refractivity contribution is -0.156. The zero-order valence-electron chi connectivity index (χ0n) is 20.3. The fourth-order valence-electron chi connectivity index (χ4n) is 3.30. The third-order valence-corrected chi connectivity index (χ3v) is 7.09. The second-order valence-electron chi connectivity index (χ2n) is 8.23. The minimum absolute atomic E-state index is 0.0941. The highest BCUT2D eigenvalue weighted by Crippen LogP contribution is 2.52. The monoisotopic (exact) mass is 591 g/mol. The number of aliphatic hydroxyl groups excluding tert-OH is 1. The number of benzene rings is 1. The van der Waals surface area contributed by atoms with E-state index in [1.54, 1.807) is 32.0 Å². The van der Waals surface area contributed by atoms with Gasteiger partial charge in [0.05, 0.1) is 12.7 Å². The lowest BCUT2D eigenvalue weighted by Crippen LogP contribution is -2.44. The van der Waals surface area contributed by atoms with Crippen molar-refractivity contribution in [2.45, 2.75) is 56.3 Å². The Balaban J connectivity index is 1.86. The van der Waals surface area contributed by atoms with Crippen molar-refractivity contribution in [2.24, 2.45) is 0 Å². The second kappa shape index (κ2) is 12.4. The first-order valence-electron chi connectivity index (χ1n) is 11.1. The predicted molar refractivity (Wildman–Crippen MR) is 134 cm³/mol. The molecule has 0 saturated carbocycles. The van der Waals surface area contributed by atoms with Crippen LogP contribution < -0.4 is 15.9 Å². The number of hydrogen-bond acceptors (Lipinski definition) is 11. The number of alkyl halides is 1. The third-order valence-electron chi connectivity index (χ3n) is 5.01. The molecule has 206 valence electrons. The Morgan fingerprint density at radius 2 is 2.00 bits per heavy atom. The number of H-pyrrole nitrogens is 1. The van der Waals surface area contributed by atoms with Crippen LogP contribution in [0.5, 0.6) is 5.75 Å². The molecule has 0 aliphatic carbocycles. The number of ether oxygens (including phenoxy) is 2. The molecule has 0 spiro atoms. The van der Waals surface area contributed by atoms with E-state index >= 15 is 0 Å². The van der Waals surface area contributed by atoms with Crippen LogP contribution in [0.3, 0.4) is 0 Å². The van der Waals surface area contributed by atoms with Gasteiger partial charge >= 0.3 is 25.2 Å². The van der Waals surface area contributed by atoms with Gasteiger partial charge in [-0.25, -0.2) is 18.9 Å². The molecule has 0 bridgehead atoms. The Morgan fingerprint density at radius 3 is 2.61 bits per heavy atom. The molecule has 0 radical (unpaired) electrons. The summed E-state index contributed by atoms with van der Waals surface area (Å²) in [6, 6.07) is 7.85. The summed E-state index contributed by atoms with van der Waals surface area (Å²) in [7, 11) is -4.56. The van der Waals surface area contributed by atoms with Gasteiger partial charge in [-0.05, 0) is 44.5 Å². The normalized spacial score (nSPS) is 25.2. The van der Waals surface area contributed by atoms with E-state index in [2.05, 4.69) is 10.9 Å². The average molecular weight is 592 g/mol. The molecular formula is C22H24Cl2N3O10P. The molecule has 16 heteroatoms. The summed E-state index contributed by atoms with van der Waals surface area (Å²) in [6.45, 7) is 3.88. The van der Waals surface area contributed by atoms with Gasteiger partial charge in [-0.1, -0.05) is 35.7 Å². The summed E-state index contributed by atoms with van der Waals surface area (Å²) in [4.78, 5) is 39.3. The third kappa shape index (κ3) is 7.03. The molecule has 1 aliphatic rings. The topological polar surface area (TPSA) is 168 Å². The predicted octanol–water partition coefficient (Wildman–Crippen LogP) is 1.93. The maximum absolute atomic E-state index is 13.6. The Kier molecular flexibility index (Phi) is 9.78. The van der Waals surface area contributed by atoms with E-state index in [1.807, 2.05) is 10.4 Å². The molecule has 6 atom stereocenters. The van der Waals surface area contributed by atoms with E-state index in [0.29, 0.717) is 0 Å². The van der Waals surface area contributed by atoms with Gasteiger partial charge in [0.25, 0.3) is 0 Å². The molecule has 1 unspecified atom stereocenters. The Morgan fingerprint density at radius 1 is 1.32 bits per heavy atom. The summed E-state index contributed by atoms with van der Waals surface area (Å²) < 4.78 is 41.4. The summed E-state index contributed by atoms with van der Waals surface area (Å²) in [5.41, 5.74) is -1.88. The van der Waals surface area contributed by atoms with Crippen LogP contribution in [0, 0.1) is 11.3 Å². The van der Waals surface area contributed by atoms with Crippen LogP contribution in [-0.4, -0.2) is 61.5 Å². The second-order valence-corrected chi connectivity index (χ2v) is 10.6. The van der Waals surface area contributed by atoms with Gasteiger partial charge in [-0.2, -0.15) is 4.98 Å². The van der Waals surface area contributed by atoms with Gasteiger partial charge in [-0.15, -0.1) is 0 Å². The molecule has 2 N–H and O–H groups in total. The molecule has 13 nitrogen and oxygen atoms in total. The first kappa shape index (κ1) is 29.9. The molecule has 3 rings (SSSR count).